The van der Waals surface area contributed by atoms with E-state index in [0.717, 1.165) is 59.6 Å². The zero-order valence-corrected chi connectivity index (χ0v) is 26.6. The van der Waals surface area contributed by atoms with Gasteiger partial charge in [0, 0.05) is 11.4 Å². The van der Waals surface area contributed by atoms with Crippen molar-refractivity contribution in [1.82, 2.24) is 10.2 Å². The highest BCUT2D eigenvalue weighted by atomic mass is 32.1. The van der Waals surface area contributed by atoms with Crippen LogP contribution < -0.4 is 5.32 Å². The summed E-state index contributed by atoms with van der Waals surface area (Å²) in [5, 5.41) is 4.90. The molecule has 6 nitrogen and oxygen atoms in total. The minimum atomic E-state index is -0.540. The van der Waals surface area contributed by atoms with Crippen LogP contribution in [0.1, 0.15) is 61.1 Å². The van der Waals surface area contributed by atoms with E-state index in [1.807, 2.05) is 69.3 Å². The lowest BCUT2D eigenvalue weighted by molar-refractivity contribution is -0.146. The van der Waals surface area contributed by atoms with Gasteiger partial charge in [0.15, 0.2) is 0 Å². The Labute approximate surface area is 265 Å². The van der Waals surface area contributed by atoms with Gasteiger partial charge in [0.25, 0.3) is 0 Å². The molecule has 0 radical (unpaired) electrons. The predicted molar refractivity (Wildman–Crippen MR) is 177 cm³/mol. The van der Waals surface area contributed by atoms with E-state index in [2.05, 4.69) is 58.1 Å². The average molecular weight is 611 g/mol. The van der Waals surface area contributed by atoms with Gasteiger partial charge in [-0.05, 0) is 98.0 Å². The van der Waals surface area contributed by atoms with E-state index in [9.17, 15) is 9.59 Å². The number of thiophene rings is 1. The Balaban J connectivity index is 1.22. The van der Waals surface area contributed by atoms with Crippen molar-refractivity contribution in [2.24, 2.45) is 5.92 Å². The number of carbonyl (C=O) groups excluding carboxylic acids is 2. The molecule has 1 saturated heterocycles. The molecule has 1 fully saturated rings. The predicted octanol–water partition coefficient (Wildman–Crippen LogP) is 8.03. The van der Waals surface area contributed by atoms with Gasteiger partial charge in [0.05, 0.1) is 13.2 Å². The first-order valence-corrected chi connectivity index (χ1v) is 16.2. The topological polar surface area (TPSA) is 67.9 Å². The number of alkyl carbamates (subject to hydrolysis) is 1. The number of piperidine rings is 1. The third kappa shape index (κ3) is 9.04. The number of likely N-dealkylation sites (tertiary alicyclic amines) is 1. The molecule has 1 atom stereocenters. The van der Waals surface area contributed by atoms with Crippen molar-refractivity contribution in [3.63, 3.8) is 0 Å². The molecule has 4 aromatic rings. The molecule has 0 bridgehead atoms. The molecular weight excluding hydrogens is 568 g/mol. The van der Waals surface area contributed by atoms with Crippen LogP contribution in [0.3, 0.4) is 0 Å². The summed E-state index contributed by atoms with van der Waals surface area (Å²) in [5.74, 6) is -0.360. The second kappa shape index (κ2) is 14.7. The fourth-order valence-electron chi connectivity index (χ4n) is 5.54. The summed E-state index contributed by atoms with van der Waals surface area (Å²) in [5.41, 5.74) is 4.67. The molecular formula is C37H42N2O4S. The van der Waals surface area contributed by atoms with E-state index in [0.29, 0.717) is 19.1 Å². The summed E-state index contributed by atoms with van der Waals surface area (Å²) in [6, 6.07) is 30.6. The van der Waals surface area contributed by atoms with Gasteiger partial charge in [-0.2, -0.15) is 0 Å². The number of nitrogens with zero attached hydrogens (tertiary/aromatic N) is 1. The minimum Gasteiger partial charge on any atom is -0.465 e. The molecule has 1 N–H and O–H groups in total. The highest BCUT2D eigenvalue weighted by Crippen LogP contribution is 2.32. The summed E-state index contributed by atoms with van der Waals surface area (Å²) in [4.78, 5) is 29.3. The number of nitrogens with one attached hydrogen (secondary N) is 1. The fourth-order valence-corrected chi connectivity index (χ4v) is 6.38. The number of ether oxygens (including phenoxy) is 2. The number of rotatable bonds is 10. The molecule has 1 aromatic heterocycles. The van der Waals surface area contributed by atoms with Crippen molar-refractivity contribution in [2.75, 3.05) is 19.7 Å². The van der Waals surface area contributed by atoms with Gasteiger partial charge in [-0.15, -0.1) is 11.3 Å². The monoisotopic (exact) mass is 610 g/mol. The summed E-state index contributed by atoms with van der Waals surface area (Å²) >= 11 is 1.58. The maximum Gasteiger partial charge on any atom is 0.407 e. The second-order valence-electron chi connectivity index (χ2n) is 12.5. The van der Waals surface area contributed by atoms with Crippen LogP contribution in [0.5, 0.6) is 0 Å². The highest BCUT2D eigenvalue weighted by molar-refractivity contribution is 7.10. The first kappa shape index (κ1) is 31.5. The first-order valence-electron chi connectivity index (χ1n) is 15.4. The molecule has 1 aliphatic heterocycles. The van der Waals surface area contributed by atoms with Crippen molar-refractivity contribution in [2.45, 2.75) is 58.2 Å². The molecule has 3 aromatic carbocycles. The number of amides is 1. The van der Waals surface area contributed by atoms with Gasteiger partial charge in [-0.1, -0.05) is 78.9 Å². The van der Waals surface area contributed by atoms with E-state index < -0.39 is 17.6 Å². The van der Waals surface area contributed by atoms with Crippen molar-refractivity contribution < 1.29 is 19.1 Å². The number of esters is 1. The van der Waals surface area contributed by atoms with Crippen LogP contribution in [0.15, 0.2) is 96.4 Å². The van der Waals surface area contributed by atoms with E-state index >= 15 is 0 Å². The standard InChI is InChI=1S/C37H42N2O4S/c1-37(2,3)43-36(41)38-23-33-22-32(26-44-33)30-15-10-16-31(21-30)34(29-13-8-5-9-14-29)35(40)42-25-28-17-19-39(20-18-28)24-27-11-6-4-7-12-27/h4-16,21-22,26,28,34H,17-20,23-25H2,1-3H3,(H,38,41). The van der Waals surface area contributed by atoms with Crippen molar-refractivity contribution in [3.8, 4) is 11.1 Å². The molecule has 1 amide bonds. The molecule has 0 spiro atoms. The molecule has 5 rings (SSSR count). The third-order valence-corrected chi connectivity index (χ3v) is 8.74. The number of benzene rings is 3. The Hall–Kier alpha value is -3.94. The highest BCUT2D eigenvalue weighted by Gasteiger charge is 2.27. The van der Waals surface area contributed by atoms with Crippen LogP contribution in [0.2, 0.25) is 0 Å². The Bertz CT molecular complexity index is 1510. The molecule has 2 heterocycles. The average Bonchev–Trinajstić information content (AvgIpc) is 3.50. The van der Waals surface area contributed by atoms with Crippen LogP contribution in [-0.2, 0) is 27.4 Å². The number of hydrogen-bond donors (Lipinski definition) is 1. The Morgan fingerprint density at radius 3 is 2.27 bits per heavy atom. The summed E-state index contributed by atoms with van der Waals surface area (Å²) in [6.07, 6.45) is 1.61. The molecule has 230 valence electrons. The first-order chi connectivity index (χ1) is 21.2. The van der Waals surface area contributed by atoms with Crippen molar-refractivity contribution in [1.29, 1.82) is 0 Å². The van der Waals surface area contributed by atoms with Crippen molar-refractivity contribution >= 4 is 23.4 Å². The van der Waals surface area contributed by atoms with Crippen molar-refractivity contribution in [3.05, 3.63) is 118 Å². The lowest BCUT2D eigenvalue weighted by atomic mass is 9.89. The van der Waals surface area contributed by atoms with Gasteiger partial charge < -0.3 is 14.8 Å². The van der Waals surface area contributed by atoms with Crippen LogP contribution >= 0.6 is 11.3 Å². The molecule has 0 saturated carbocycles. The van der Waals surface area contributed by atoms with E-state index in [1.54, 1.807) is 11.3 Å². The molecule has 7 heteroatoms. The van der Waals surface area contributed by atoms with Crippen LogP contribution in [-0.4, -0.2) is 42.3 Å². The van der Waals surface area contributed by atoms with E-state index in [-0.39, 0.29) is 5.97 Å². The maximum absolute atomic E-state index is 13.7. The van der Waals surface area contributed by atoms with Gasteiger partial charge >= 0.3 is 12.1 Å². The third-order valence-electron chi connectivity index (χ3n) is 7.80. The molecule has 1 unspecified atom stereocenters. The summed E-state index contributed by atoms with van der Waals surface area (Å²) in [7, 11) is 0. The van der Waals surface area contributed by atoms with Gasteiger partial charge in [0.2, 0.25) is 0 Å². The smallest absolute Gasteiger partial charge is 0.407 e. The Morgan fingerprint density at radius 1 is 0.886 bits per heavy atom. The lowest BCUT2D eigenvalue weighted by Gasteiger charge is -2.32. The van der Waals surface area contributed by atoms with Gasteiger partial charge in [-0.25, -0.2) is 4.79 Å². The maximum atomic E-state index is 13.7. The minimum absolute atomic E-state index is 0.215. The summed E-state index contributed by atoms with van der Waals surface area (Å²) < 4.78 is 11.4. The fraction of sp³-hybridized carbons (Fsp3) is 0.351. The number of hydrogen-bond acceptors (Lipinski definition) is 6. The quantitative estimate of drug-likeness (QED) is 0.184. The Morgan fingerprint density at radius 2 is 1.57 bits per heavy atom. The van der Waals surface area contributed by atoms with Crippen LogP contribution in [0.4, 0.5) is 4.79 Å². The Kier molecular flexibility index (Phi) is 10.5. The van der Waals surface area contributed by atoms with Crippen LogP contribution in [0, 0.1) is 5.92 Å². The zero-order valence-electron chi connectivity index (χ0n) is 25.8. The lowest BCUT2D eigenvalue weighted by Crippen LogP contribution is -2.35. The largest absolute Gasteiger partial charge is 0.465 e. The van der Waals surface area contributed by atoms with Gasteiger partial charge in [0.1, 0.15) is 11.5 Å². The second-order valence-corrected chi connectivity index (χ2v) is 13.5. The molecule has 1 aliphatic rings. The number of carbonyl (C=O) groups is 2. The van der Waals surface area contributed by atoms with E-state index in [4.69, 9.17) is 9.47 Å². The normalized spacial score (nSPS) is 15.0. The molecule has 0 aliphatic carbocycles. The zero-order chi connectivity index (χ0) is 30.9. The SMILES string of the molecule is CC(C)(C)OC(=O)NCc1cc(-c2cccc(C(C(=O)OCC3CCN(Cc4ccccc4)CC3)c3ccccc3)c2)cs1. The van der Waals surface area contributed by atoms with Gasteiger partial charge in [-0.3, -0.25) is 9.69 Å². The summed E-state index contributed by atoms with van der Waals surface area (Å²) in [6.45, 7) is 9.36. The van der Waals surface area contributed by atoms with Crippen LogP contribution in [0.25, 0.3) is 11.1 Å². The molecule has 44 heavy (non-hydrogen) atoms. The van der Waals surface area contributed by atoms with E-state index in [1.165, 1.54) is 5.56 Å².